The van der Waals surface area contributed by atoms with Gasteiger partial charge >= 0.3 is 0 Å². The van der Waals surface area contributed by atoms with Crippen molar-refractivity contribution in [1.82, 2.24) is 0 Å². The van der Waals surface area contributed by atoms with Gasteiger partial charge in [-0.15, -0.1) is 0 Å². The highest BCUT2D eigenvalue weighted by Gasteiger charge is 1.99. The maximum absolute atomic E-state index is 8.66. The zero-order valence-corrected chi connectivity index (χ0v) is 8.98. The van der Waals surface area contributed by atoms with Crippen molar-refractivity contribution in [3.05, 3.63) is 29.8 Å². The Morgan fingerprint density at radius 1 is 1.27 bits per heavy atom. The Morgan fingerprint density at radius 3 is 2.47 bits per heavy atom. The zero-order valence-electron chi connectivity index (χ0n) is 8.98. The smallest absolute Gasteiger partial charge is 0.0991 e. The molecule has 0 saturated carbocycles. The molecule has 80 valence electrons. The molecule has 0 heterocycles. The van der Waals surface area contributed by atoms with E-state index in [1.54, 1.807) is 0 Å². The van der Waals surface area contributed by atoms with E-state index in [2.05, 4.69) is 11.0 Å². The van der Waals surface area contributed by atoms with Crippen LogP contribution in [0.1, 0.15) is 18.4 Å². The van der Waals surface area contributed by atoms with Crippen molar-refractivity contribution in [2.45, 2.75) is 12.8 Å². The lowest BCUT2D eigenvalue weighted by Gasteiger charge is -2.18. The second kappa shape index (κ2) is 6.05. The van der Waals surface area contributed by atoms with Gasteiger partial charge in [-0.3, -0.25) is 0 Å². The lowest BCUT2D eigenvalue weighted by atomic mass is 10.2. The quantitative estimate of drug-likeness (QED) is 0.743. The summed E-state index contributed by atoms with van der Waals surface area (Å²) in [5.74, 6) is 0. The Hall–Kier alpha value is -1.53. The minimum absolute atomic E-state index is 0.251. The summed E-state index contributed by atoms with van der Waals surface area (Å²) in [4.78, 5) is 2.12. The average molecular weight is 204 g/mol. The minimum atomic E-state index is 0.251. The number of hydrogen-bond acceptors (Lipinski definition) is 3. The van der Waals surface area contributed by atoms with Crippen LogP contribution in [-0.2, 0) is 0 Å². The molecular formula is C12H16N2O. The van der Waals surface area contributed by atoms with Gasteiger partial charge in [-0.05, 0) is 37.1 Å². The Labute approximate surface area is 90.6 Å². The maximum Gasteiger partial charge on any atom is 0.0991 e. The van der Waals surface area contributed by atoms with Crippen molar-refractivity contribution in [2.75, 3.05) is 25.1 Å². The molecule has 0 atom stereocenters. The maximum atomic E-state index is 8.66. The van der Waals surface area contributed by atoms with Gasteiger partial charge in [0.2, 0.25) is 0 Å². The molecular weight excluding hydrogens is 188 g/mol. The number of nitrogens with zero attached hydrogens (tertiary/aromatic N) is 2. The lowest BCUT2D eigenvalue weighted by Crippen LogP contribution is -2.18. The van der Waals surface area contributed by atoms with Crippen molar-refractivity contribution >= 4 is 5.69 Å². The molecule has 1 aromatic rings. The molecule has 0 aliphatic heterocycles. The molecule has 1 aromatic carbocycles. The second-order valence-electron chi connectivity index (χ2n) is 3.51. The molecule has 0 spiro atoms. The molecule has 0 fully saturated rings. The number of nitriles is 1. The van der Waals surface area contributed by atoms with Crippen LogP contribution in [0, 0.1) is 11.3 Å². The molecule has 0 aliphatic carbocycles. The molecule has 0 radical (unpaired) electrons. The van der Waals surface area contributed by atoms with Crippen LogP contribution in [0.25, 0.3) is 0 Å². The van der Waals surface area contributed by atoms with Gasteiger partial charge < -0.3 is 10.0 Å². The molecule has 3 heteroatoms. The molecule has 0 unspecified atom stereocenters. The fourth-order valence-electron chi connectivity index (χ4n) is 1.38. The van der Waals surface area contributed by atoms with E-state index in [-0.39, 0.29) is 6.61 Å². The van der Waals surface area contributed by atoms with E-state index in [1.807, 2.05) is 31.3 Å². The van der Waals surface area contributed by atoms with Crippen molar-refractivity contribution in [3.8, 4) is 6.07 Å². The number of anilines is 1. The molecule has 0 amide bonds. The highest BCUT2D eigenvalue weighted by Crippen LogP contribution is 2.13. The van der Waals surface area contributed by atoms with E-state index < -0.39 is 0 Å². The van der Waals surface area contributed by atoms with Gasteiger partial charge in [0.1, 0.15) is 0 Å². The molecule has 0 bridgehead atoms. The summed E-state index contributed by atoms with van der Waals surface area (Å²) < 4.78 is 0. The summed E-state index contributed by atoms with van der Waals surface area (Å²) in [5.41, 5.74) is 1.79. The summed E-state index contributed by atoms with van der Waals surface area (Å²) in [5, 5.41) is 17.3. The summed E-state index contributed by atoms with van der Waals surface area (Å²) in [6, 6.07) is 9.61. The molecule has 15 heavy (non-hydrogen) atoms. The molecule has 0 aliphatic rings. The summed E-state index contributed by atoms with van der Waals surface area (Å²) in [6.45, 7) is 1.17. The van der Waals surface area contributed by atoms with Crippen LogP contribution < -0.4 is 4.90 Å². The Morgan fingerprint density at radius 2 is 1.93 bits per heavy atom. The predicted molar refractivity (Wildman–Crippen MR) is 60.7 cm³/mol. The van der Waals surface area contributed by atoms with Crippen LogP contribution in [-0.4, -0.2) is 25.3 Å². The van der Waals surface area contributed by atoms with Gasteiger partial charge in [0.25, 0.3) is 0 Å². The van der Waals surface area contributed by atoms with E-state index in [0.717, 1.165) is 25.1 Å². The van der Waals surface area contributed by atoms with E-state index in [0.29, 0.717) is 5.56 Å². The number of aliphatic hydroxyl groups excluding tert-OH is 1. The topological polar surface area (TPSA) is 47.3 Å². The first kappa shape index (κ1) is 11.5. The first-order valence-electron chi connectivity index (χ1n) is 5.10. The molecule has 3 nitrogen and oxygen atoms in total. The van der Waals surface area contributed by atoms with Crippen molar-refractivity contribution in [1.29, 1.82) is 5.26 Å². The zero-order chi connectivity index (χ0) is 11.1. The Bertz CT molecular complexity index is 326. The third-order valence-electron chi connectivity index (χ3n) is 2.34. The largest absolute Gasteiger partial charge is 0.396 e. The monoisotopic (exact) mass is 204 g/mol. The summed E-state index contributed by atoms with van der Waals surface area (Å²) in [6.07, 6.45) is 1.81. The van der Waals surface area contributed by atoms with Crippen LogP contribution in [0.4, 0.5) is 5.69 Å². The van der Waals surface area contributed by atoms with Gasteiger partial charge in [0.05, 0.1) is 11.6 Å². The SMILES string of the molecule is CN(CCCCO)c1ccc(C#N)cc1. The van der Waals surface area contributed by atoms with Crippen LogP contribution in [0.2, 0.25) is 0 Å². The highest BCUT2D eigenvalue weighted by molar-refractivity contribution is 5.48. The predicted octanol–water partition coefficient (Wildman–Crippen LogP) is 1.77. The molecule has 0 saturated heterocycles. The van der Waals surface area contributed by atoms with Crippen molar-refractivity contribution < 1.29 is 5.11 Å². The third kappa shape index (κ3) is 3.61. The van der Waals surface area contributed by atoms with Crippen LogP contribution >= 0.6 is 0 Å². The lowest BCUT2D eigenvalue weighted by molar-refractivity contribution is 0.285. The first-order chi connectivity index (χ1) is 7.27. The minimum Gasteiger partial charge on any atom is -0.396 e. The number of unbranched alkanes of at least 4 members (excludes halogenated alkanes) is 1. The van der Waals surface area contributed by atoms with Gasteiger partial charge in [-0.25, -0.2) is 0 Å². The standard InChI is InChI=1S/C12H16N2O/c1-14(8-2-3-9-15)12-6-4-11(10-13)5-7-12/h4-7,15H,2-3,8-9H2,1H3. The number of benzene rings is 1. The van der Waals surface area contributed by atoms with E-state index in [1.165, 1.54) is 0 Å². The van der Waals surface area contributed by atoms with Gasteiger partial charge in [0.15, 0.2) is 0 Å². The van der Waals surface area contributed by atoms with Crippen molar-refractivity contribution in [2.24, 2.45) is 0 Å². The Kier molecular flexibility index (Phi) is 4.65. The van der Waals surface area contributed by atoms with Gasteiger partial charge in [0, 0.05) is 25.9 Å². The Balaban J connectivity index is 2.51. The van der Waals surface area contributed by atoms with Crippen LogP contribution in [0.5, 0.6) is 0 Å². The molecule has 1 N–H and O–H groups in total. The van der Waals surface area contributed by atoms with Crippen LogP contribution in [0.3, 0.4) is 0 Å². The molecule has 1 rings (SSSR count). The van der Waals surface area contributed by atoms with Crippen molar-refractivity contribution in [3.63, 3.8) is 0 Å². The van der Waals surface area contributed by atoms with E-state index in [4.69, 9.17) is 10.4 Å². The second-order valence-corrected chi connectivity index (χ2v) is 3.51. The number of hydrogen-bond donors (Lipinski definition) is 1. The van der Waals surface area contributed by atoms with Crippen LogP contribution in [0.15, 0.2) is 24.3 Å². The number of aliphatic hydroxyl groups is 1. The van der Waals surface area contributed by atoms with Gasteiger partial charge in [-0.1, -0.05) is 0 Å². The van der Waals surface area contributed by atoms with E-state index >= 15 is 0 Å². The highest BCUT2D eigenvalue weighted by atomic mass is 16.2. The summed E-state index contributed by atoms with van der Waals surface area (Å²) >= 11 is 0. The molecule has 0 aromatic heterocycles. The van der Waals surface area contributed by atoms with Gasteiger partial charge in [-0.2, -0.15) is 5.26 Å². The van der Waals surface area contributed by atoms with E-state index in [9.17, 15) is 0 Å². The normalized spacial score (nSPS) is 9.67. The fraction of sp³-hybridized carbons (Fsp3) is 0.417. The summed E-state index contributed by atoms with van der Waals surface area (Å²) in [7, 11) is 2.01. The number of rotatable bonds is 5. The fourth-order valence-corrected chi connectivity index (χ4v) is 1.38. The first-order valence-corrected chi connectivity index (χ1v) is 5.10. The average Bonchev–Trinajstić information content (AvgIpc) is 2.29. The third-order valence-corrected chi connectivity index (χ3v) is 2.34.